The number of likely N-dealkylation sites (tertiary alicyclic amines) is 1. The van der Waals surface area contributed by atoms with Crippen molar-refractivity contribution in [1.82, 2.24) is 9.88 Å². The van der Waals surface area contributed by atoms with Crippen LogP contribution in [0.1, 0.15) is 24.8 Å². The van der Waals surface area contributed by atoms with Gasteiger partial charge in [0, 0.05) is 30.3 Å². The van der Waals surface area contributed by atoms with E-state index < -0.39 is 12.2 Å². The summed E-state index contributed by atoms with van der Waals surface area (Å²) in [5, 5.41) is 0. The van der Waals surface area contributed by atoms with Crippen LogP contribution in [0.25, 0.3) is 11.1 Å². The summed E-state index contributed by atoms with van der Waals surface area (Å²) in [7, 11) is 1.58. The highest BCUT2D eigenvalue weighted by Gasteiger charge is 2.31. The van der Waals surface area contributed by atoms with Gasteiger partial charge in [0.15, 0.2) is 0 Å². The summed E-state index contributed by atoms with van der Waals surface area (Å²) >= 11 is 0. The molecule has 0 radical (unpaired) electrons. The number of ether oxygens (including phenoxy) is 1. The number of methoxy groups -OCH3 is 1. The van der Waals surface area contributed by atoms with Gasteiger partial charge < -0.3 is 15.4 Å². The van der Waals surface area contributed by atoms with Crippen LogP contribution in [0, 0.1) is 0 Å². The van der Waals surface area contributed by atoms with Crippen molar-refractivity contribution in [1.29, 1.82) is 0 Å². The maximum atomic E-state index is 13.3. The predicted octanol–water partition coefficient (Wildman–Crippen LogP) is 2.76. The summed E-state index contributed by atoms with van der Waals surface area (Å²) in [5.74, 6) is 0.242. The van der Waals surface area contributed by atoms with E-state index in [4.69, 9.17) is 10.5 Å². The van der Waals surface area contributed by atoms with Gasteiger partial charge >= 0.3 is 0 Å². The highest BCUT2D eigenvalue weighted by molar-refractivity contribution is 5.83. The number of rotatable bonds is 5. The van der Waals surface area contributed by atoms with Gasteiger partial charge in [0.2, 0.25) is 11.8 Å². The molecule has 1 fully saturated rings. The van der Waals surface area contributed by atoms with Crippen molar-refractivity contribution in [2.24, 2.45) is 5.73 Å². The average Bonchev–Trinajstić information content (AvgIpc) is 3.13. The Hall–Kier alpha value is -2.47. The Morgan fingerprint density at radius 2 is 1.96 bits per heavy atom. The van der Waals surface area contributed by atoms with Gasteiger partial charge in [0.05, 0.1) is 19.7 Å². The Kier molecular flexibility index (Phi) is 5.52. The van der Waals surface area contributed by atoms with E-state index in [1.54, 1.807) is 13.3 Å². The van der Waals surface area contributed by atoms with Gasteiger partial charge in [-0.2, -0.15) is 0 Å². The molecule has 0 saturated carbocycles. The number of carbonyl (C=O) groups is 1. The van der Waals surface area contributed by atoms with Crippen molar-refractivity contribution in [3.63, 3.8) is 0 Å². The molecule has 26 heavy (non-hydrogen) atoms. The molecule has 6 heteroatoms. The van der Waals surface area contributed by atoms with E-state index >= 15 is 0 Å². The molecule has 2 heterocycles. The Bertz CT molecular complexity index is 749. The number of carbonyl (C=O) groups excluding carboxylic acids is 1. The fourth-order valence-corrected chi connectivity index (χ4v) is 3.20. The summed E-state index contributed by atoms with van der Waals surface area (Å²) < 4.78 is 18.4. The Labute approximate surface area is 153 Å². The molecule has 138 valence electrons. The Morgan fingerprint density at radius 3 is 2.50 bits per heavy atom. The second-order valence-corrected chi connectivity index (χ2v) is 6.70. The summed E-state index contributed by atoms with van der Waals surface area (Å²) in [5.41, 5.74) is 9.15. The number of nitrogens with two attached hydrogens (primary N) is 1. The minimum atomic E-state index is -0.932. The van der Waals surface area contributed by atoms with E-state index in [9.17, 15) is 9.18 Å². The quantitative estimate of drug-likeness (QED) is 0.893. The van der Waals surface area contributed by atoms with Gasteiger partial charge in [-0.25, -0.2) is 9.37 Å². The highest BCUT2D eigenvalue weighted by Crippen LogP contribution is 2.26. The van der Waals surface area contributed by atoms with E-state index in [0.717, 1.165) is 16.7 Å². The number of hydrogen-bond acceptors (Lipinski definition) is 4. The third-order valence-corrected chi connectivity index (χ3v) is 4.98. The van der Waals surface area contributed by atoms with Crippen molar-refractivity contribution in [3.05, 3.63) is 48.2 Å². The van der Waals surface area contributed by atoms with Crippen LogP contribution in [0.15, 0.2) is 42.6 Å². The summed E-state index contributed by atoms with van der Waals surface area (Å²) in [6.45, 7) is 2.53. The molecule has 0 aliphatic carbocycles. The Morgan fingerprint density at radius 1 is 1.27 bits per heavy atom. The molecule has 5 nitrogen and oxygen atoms in total. The molecule has 0 bridgehead atoms. The first-order valence-electron chi connectivity index (χ1n) is 8.78. The number of pyridine rings is 1. The molecular weight excluding hydrogens is 333 g/mol. The van der Waals surface area contributed by atoms with Gasteiger partial charge in [-0.1, -0.05) is 31.2 Å². The number of halogens is 1. The third-order valence-electron chi connectivity index (χ3n) is 4.98. The lowest BCUT2D eigenvalue weighted by Gasteiger charge is -2.25. The maximum absolute atomic E-state index is 13.3. The van der Waals surface area contributed by atoms with Crippen LogP contribution >= 0.6 is 0 Å². The molecule has 1 aromatic carbocycles. The summed E-state index contributed by atoms with van der Waals surface area (Å²) in [6.07, 6.45) is 1.23. The van der Waals surface area contributed by atoms with Gasteiger partial charge in [-0.3, -0.25) is 4.79 Å². The van der Waals surface area contributed by atoms with Crippen molar-refractivity contribution >= 4 is 5.91 Å². The predicted molar refractivity (Wildman–Crippen MR) is 98.7 cm³/mol. The van der Waals surface area contributed by atoms with Gasteiger partial charge in [-0.15, -0.1) is 0 Å². The lowest BCUT2D eigenvalue weighted by molar-refractivity contribution is -0.132. The zero-order valence-corrected chi connectivity index (χ0v) is 15.1. The zero-order chi connectivity index (χ0) is 18.7. The standard InChI is InChI=1S/C20H24FN3O2/c1-13(19(22)20(25)24-10-9-17(21)12-24)14-3-5-15(6-4-14)16-7-8-18(26-2)23-11-16/h3-8,11,13,17,19H,9-10,12,22H2,1-2H3/t13-,17-,19-/m0/s1. The molecule has 0 spiro atoms. The lowest BCUT2D eigenvalue weighted by Crippen LogP contribution is -2.45. The maximum Gasteiger partial charge on any atom is 0.240 e. The third kappa shape index (κ3) is 3.85. The SMILES string of the molecule is COc1ccc(-c2ccc([C@H](C)[C@H](N)C(=O)N3CC[C@H](F)C3)cc2)cn1. The number of amides is 1. The fraction of sp³-hybridized carbons (Fsp3) is 0.400. The van der Waals surface area contributed by atoms with Crippen LogP contribution in [0.4, 0.5) is 4.39 Å². The minimum Gasteiger partial charge on any atom is -0.481 e. The average molecular weight is 357 g/mol. The van der Waals surface area contributed by atoms with Gasteiger partial charge in [-0.05, 0) is 23.6 Å². The molecule has 2 N–H and O–H groups in total. The smallest absolute Gasteiger partial charge is 0.240 e. The first-order valence-corrected chi connectivity index (χ1v) is 8.78. The van der Waals surface area contributed by atoms with Crippen LogP contribution in [0.3, 0.4) is 0 Å². The number of hydrogen-bond donors (Lipinski definition) is 1. The molecule has 1 saturated heterocycles. The van der Waals surface area contributed by atoms with Crippen LogP contribution in [-0.2, 0) is 4.79 Å². The van der Waals surface area contributed by atoms with E-state index in [1.807, 2.05) is 43.3 Å². The molecule has 1 amide bonds. The monoisotopic (exact) mass is 357 g/mol. The molecule has 3 atom stereocenters. The largest absolute Gasteiger partial charge is 0.481 e. The van der Waals surface area contributed by atoms with Crippen molar-refractivity contribution < 1.29 is 13.9 Å². The first kappa shape index (κ1) is 18.3. The molecular formula is C20H24FN3O2. The second-order valence-electron chi connectivity index (χ2n) is 6.70. The van der Waals surface area contributed by atoms with Crippen molar-refractivity contribution in [3.8, 4) is 17.0 Å². The highest BCUT2D eigenvalue weighted by atomic mass is 19.1. The fourth-order valence-electron chi connectivity index (χ4n) is 3.20. The molecule has 3 rings (SSSR count). The van der Waals surface area contributed by atoms with E-state index in [2.05, 4.69) is 4.98 Å². The number of aromatic nitrogens is 1. The van der Waals surface area contributed by atoms with E-state index in [1.165, 1.54) is 4.90 Å². The first-order chi connectivity index (χ1) is 12.5. The van der Waals surface area contributed by atoms with Crippen molar-refractivity contribution in [2.45, 2.75) is 31.5 Å². The molecule has 1 aliphatic heterocycles. The minimum absolute atomic E-state index is 0.149. The summed E-state index contributed by atoms with van der Waals surface area (Å²) in [4.78, 5) is 18.2. The van der Waals surface area contributed by atoms with Gasteiger partial charge in [0.1, 0.15) is 6.17 Å². The normalized spacial score (nSPS) is 19.2. The number of alkyl halides is 1. The number of benzene rings is 1. The lowest BCUT2D eigenvalue weighted by atomic mass is 9.91. The van der Waals surface area contributed by atoms with Crippen LogP contribution in [0.2, 0.25) is 0 Å². The molecule has 1 aliphatic rings. The van der Waals surface area contributed by atoms with Crippen LogP contribution in [0.5, 0.6) is 5.88 Å². The van der Waals surface area contributed by atoms with E-state index in [0.29, 0.717) is 18.8 Å². The van der Waals surface area contributed by atoms with Gasteiger partial charge in [0.25, 0.3) is 0 Å². The second kappa shape index (κ2) is 7.83. The van der Waals surface area contributed by atoms with E-state index in [-0.39, 0.29) is 18.4 Å². The number of nitrogens with zero attached hydrogens (tertiary/aromatic N) is 2. The molecule has 1 aromatic heterocycles. The zero-order valence-electron chi connectivity index (χ0n) is 15.1. The molecule has 2 aromatic rings. The Balaban J connectivity index is 1.69. The van der Waals surface area contributed by atoms with Crippen molar-refractivity contribution in [2.75, 3.05) is 20.2 Å². The molecule has 0 unspecified atom stereocenters. The summed E-state index contributed by atoms with van der Waals surface area (Å²) in [6, 6.07) is 11.0. The van der Waals surface area contributed by atoms with Crippen LogP contribution < -0.4 is 10.5 Å². The topological polar surface area (TPSA) is 68.5 Å². The van der Waals surface area contributed by atoms with Crippen LogP contribution in [-0.4, -0.2) is 48.2 Å².